The van der Waals surface area contributed by atoms with E-state index in [-0.39, 0.29) is 16.7 Å². The van der Waals surface area contributed by atoms with Gasteiger partial charge in [0.15, 0.2) is 0 Å². The maximum absolute atomic E-state index is 13.6. The molecule has 4 rings (SSSR count). The molecule has 1 aliphatic heterocycles. The van der Waals surface area contributed by atoms with Crippen molar-refractivity contribution >= 4 is 29.1 Å². The number of aryl methyl sites for hydroxylation is 2. The number of anilines is 1. The molecule has 40 heavy (non-hydrogen) atoms. The van der Waals surface area contributed by atoms with Gasteiger partial charge in [0.1, 0.15) is 17.3 Å². The molecule has 0 saturated carbocycles. The molecule has 7 heteroatoms. The van der Waals surface area contributed by atoms with Crippen LogP contribution in [-0.2, 0) is 19.8 Å². The molecule has 1 unspecified atom stereocenters. The highest BCUT2D eigenvalue weighted by Gasteiger charge is 2.47. The van der Waals surface area contributed by atoms with E-state index in [1.54, 1.807) is 42.5 Å². The number of benzene rings is 3. The largest absolute Gasteiger partial charge is 0.507 e. The molecule has 1 saturated heterocycles. The number of Topliss-reactive ketones (excluding diaryl/α,β-unsaturated/α-hetero) is 1. The molecule has 0 bridgehead atoms. The van der Waals surface area contributed by atoms with E-state index in [4.69, 9.17) is 9.47 Å². The normalized spacial score (nSPS) is 16.8. The topological polar surface area (TPSA) is 93.1 Å². The minimum atomic E-state index is -0.905. The van der Waals surface area contributed by atoms with Crippen LogP contribution in [0, 0.1) is 13.8 Å². The van der Waals surface area contributed by atoms with E-state index in [0.29, 0.717) is 34.9 Å². The first kappa shape index (κ1) is 28.6. The summed E-state index contributed by atoms with van der Waals surface area (Å²) in [4.78, 5) is 40.0. The lowest BCUT2D eigenvalue weighted by atomic mass is 9.84. The van der Waals surface area contributed by atoms with E-state index in [9.17, 15) is 19.5 Å². The van der Waals surface area contributed by atoms with Crippen molar-refractivity contribution in [3.05, 3.63) is 94.1 Å². The van der Waals surface area contributed by atoms with Crippen molar-refractivity contribution in [2.24, 2.45) is 0 Å². The maximum Gasteiger partial charge on any atom is 0.308 e. The first-order chi connectivity index (χ1) is 18.8. The summed E-state index contributed by atoms with van der Waals surface area (Å²) in [5, 5.41) is 11.7. The summed E-state index contributed by atoms with van der Waals surface area (Å²) in [6, 6.07) is 16.5. The number of carbonyl (C=O) groups excluding carboxylic acids is 3. The molecular weight excluding hydrogens is 506 g/mol. The van der Waals surface area contributed by atoms with Gasteiger partial charge in [-0.15, -0.1) is 0 Å². The Bertz CT molecular complexity index is 1510. The van der Waals surface area contributed by atoms with Gasteiger partial charge in [-0.25, -0.2) is 0 Å². The van der Waals surface area contributed by atoms with Gasteiger partial charge in [0, 0.05) is 23.7 Å². The highest BCUT2D eigenvalue weighted by Crippen LogP contribution is 2.43. The smallest absolute Gasteiger partial charge is 0.308 e. The summed E-state index contributed by atoms with van der Waals surface area (Å²) in [5.41, 5.74) is 4.08. The quantitative estimate of drug-likeness (QED) is 0.125. The van der Waals surface area contributed by atoms with E-state index in [0.717, 1.165) is 16.7 Å². The third kappa shape index (κ3) is 5.50. The average molecular weight is 542 g/mol. The fraction of sp³-hybridized carbons (Fsp3) is 0.303. The second-order valence-corrected chi connectivity index (χ2v) is 11.0. The van der Waals surface area contributed by atoms with Crippen LogP contribution in [0.1, 0.15) is 68.5 Å². The SMILES string of the molecule is CCOc1ccc(/C(O)=C2/C(=O)C(=O)N(c3ccc(C)c(C)c3)C2c2ccc(OC(C)=O)cc2)cc1C(C)(C)C. The van der Waals surface area contributed by atoms with E-state index in [2.05, 4.69) is 0 Å². The van der Waals surface area contributed by atoms with Crippen molar-refractivity contribution in [2.45, 2.75) is 59.9 Å². The van der Waals surface area contributed by atoms with Gasteiger partial charge in [0.05, 0.1) is 18.2 Å². The Morgan fingerprint density at radius 2 is 1.62 bits per heavy atom. The molecular formula is C33H35NO6. The molecule has 208 valence electrons. The number of aliphatic hydroxyl groups excluding tert-OH is 1. The Morgan fingerprint density at radius 3 is 2.20 bits per heavy atom. The molecule has 3 aromatic carbocycles. The van der Waals surface area contributed by atoms with Gasteiger partial charge >= 0.3 is 5.97 Å². The summed E-state index contributed by atoms with van der Waals surface area (Å²) in [7, 11) is 0. The van der Waals surface area contributed by atoms with Crippen molar-refractivity contribution in [2.75, 3.05) is 11.5 Å². The van der Waals surface area contributed by atoms with Crippen molar-refractivity contribution in [1.82, 2.24) is 0 Å². The monoisotopic (exact) mass is 541 g/mol. The van der Waals surface area contributed by atoms with Crippen LogP contribution in [0.2, 0.25) is 0 Å². The Morgan fingerprint density at radius 1 is 0.950 bits per heavy atom. The molecule has 0 aromatic heterocycles. The highest BCUT2D eigenvalue weighted by atomic mass is 16.5. The number of rotatable bonds is 6. The average Bonchev–Trinajstić information content (AvgIpc) is 3.15. The number of carbonyl (C=O) groups is 3. The zero-order chi connectivity index (χ0) is 29.4. The van der Waals surface area contributed by atoms with Crippen molar-refractivity contribution in [1.29, 1.82) is 0 Å². The van der Waals surface area contributed by atoms with Gasteiger partial charge in [-0.1, -0.05) is 39.0 Å². The van der Waals surface area contributed by atoms with Gasteiger partial charge < -0.3 is 14.6 Å². The van der Waals surface area contributed by atoms with E-state index < -0.39 is 23.7 Å². The van der Waals surface area contributed by atoms with Crippen molar-refractivity contribution in [3.63, 3.8) is 0 Å². The van der Waals surface area contributed by atoms with Crippen LogP contribution in [0.15, 0.2) is 66.2 Å². The Labute approximate surface area is 235 Å². The van der Waals surface area contributed by atoms with Gasteiger partial charge in [-0.05, 0) is 85.3 Å². The zero-order valence-corrected chi connectivity index (χ0v) is 24.0. The molecule has 1 fully saturated rings. The molecule has 1 heterocycles. The number of amides is 1. The number of ether oxygens (including phenoxy) is 2. The number of ketones is 1. The first-order valence-electron chi connectivity index (χ1n) is 13.3. The molecule has 1 amide bonds. The molecule has 0 radical (unpaired) electrons. The predicted molar refractivity (Wildman–Crippen MR) is 155 cm³/mol. The van der Waals surface area contributed by atoms with Gasteiger partial charge in [0.25, 0.3) is 11.7 Å². The number of esters is 1. The van der Waals surface area contributed by atoms with Gasteiger partial charge in [0.2, 0.25) is 0 Å². The van der Waals surface area contributed by atoms with Gasteiger partial charge in [-0.2, -0.15) is 0 Å². The summed E-state index contributed by atoms with van der Waals surface area (Å²) >= 11 is 0. The van der Waals surface area contributed by atoms with Crippen LogP contribution in [-0.4, -0.2) is 29.4 Å². The lowest BCUT2D eigenvalue weighted by molar-refractivity contribution is -0.132. The van der Waals surface area contributed by atoms with Crippen LogP contribution >= 0.6 is 0 Å². The fourth-order valence-electron chi connectivity index (χ4n) is 4.87. The minimum Gasteiger partial charge on any atom is -0.507 e. The number of nitrogens with zero attached hydrogens (tertiary/aromatic N) is 1. The summed E-state index contributed by atoms with van der Waals surface area (Å²) in [6.45, 7) is 13.7. The minimum absolute atomic E-state index is 0.0208. The molecule has 1 aliphatic rings. The zero-order valence-electron chi connectivity index (χ0n) is 24.0. The third-order valence-corrected chi connectivity index (χ3v) is 7.03. The van der Waals surface area contributed by atoms with Crippen LogP contribution in [0.25, 0.3) is 5.76 Å². The molecule has 0 aliphatic carbocycles. The van der Waals surface area contributed by atoms with Crippen LogP contribution in [0.3, 0.4) is 0 Å². The van der Waals surface area contributed by atoms with Gasteiger partial charge in [-0.3, -0.25) is 19.3 Å². The first-order valence-corrected chi connectivity index (χ1v) is 13.3. The fourth-order valence-corrected chi connectivity index (χ4v) is 4.87. The Kier molecular flexibility index (Phi) is 7.87. The second kappa shape index (κ2) is 11.0. The molecule has 3 aromatic rings. The van der Waals surface area contributed by atoms with E-state index in [1.807, 2.05) is 59.7 Å². The van der Waals surface area contributed by atoms with E-state index in [1.165, 1.54) is 11.8 Å². The lowest BCUT2D eigenvalue weighted by Gasteiger charge is -2.26. The third-order valence-electron chi connectivity index (χ3n) is 7.03. The standard InChI is InChI=1S/C33H35NO6/c1-8-39-27-16-12-23(18-26(27)33(5,6)7)30(36)28-29(22-10-14-25(15-11-22)40-21(4)35)34(32(38)31(28)37)24-13-9-19(2)20(3)17-24/h9-18,29,36H,8H2,1-7H3/b30-28-. The number of aliphatic hydroxyl groups is 1. The molecule has 1 atom stereocenters. The van der Waals surface area contributed by atoms with E-state index >= 15 is 0 Å². The summed E-state index contributed by atoms with van der Waals surface area (Å²) < 4.78 is 11.0. The number of hydrogen-bond acceptors (Lipinski definition) is 6. The lowest BCUT2D eigenvalue weighted by Crippen LogP contribution is -2.29. The predicted octanol–water partition coefficient (Wildman–Crippen LogP) is 6.55. The Hall–Kier alpha value is -4.39. The summed E-state index contributed by atoms with van der Waals surface area (Å²) in [6.07, 6.45) is 0. The van der Waals surface area contributed by atoms with Crippen molar-refractivity contribution in [3.8, 4) is 11.5 Å². The van der Waals surface area contributed by atoms with Crippen LogP contribution in [0.5, 0.6) is 11.5 Å². The van der Waals surface area contributed by atoms with Crippen LogP contribution < -0.4 is 14.4 Å². The second-order valence-electron chi connectivity index (χ2n) is 11.0. The van der Waals surface area contributed by atoms with Crippen LogP contribution in [0.4, 0.5) is 5.69 Å². The van der Waals surface area contributed by atoms with Crippen molar-refractivity contribution < 1.29 is 29.0 Å². The number of hydrogen-bond donors (Lipinski definition) is 1. The molecule has 7 nitrogen and oxygen atoms in total. The summed E-state index contributed by atoms with van der Waals surface area (Å²) in [5.74, 6) is -1.22. The molecule has 0 spiro atoms. The highest BCUT2D eigenvalue weighted by molar-refractivity contribution is 6.51. The molecule has 1 N–H and O–H groups in total. The Balaban J connectivity index is 1.94. The maximum atomic E-state index is 13.6.